The van der Waals surface area contributed by atoms with Crippen LogP contribution < -0.4 is 0 Å². The number of ether oxygens (including phenoxy) is 1. The van der Waals surface area contributed by atoms with Gasteiger partial charge in [-0.25, -0.2) is 4.39 Å². The molecule has 0 aliphatic carbocycles. The van der Waals surface area contributed by atoms with E-state index in [1.54, 1.807) is 24.1 Å². The zero-order valence-electron chi connectivity index (χ0n) is 10.7. The first kappa shape index (κ1) is 15.4. The Kier molecular flexibility index (Phi) is 5.15. The molecular formula is C13H13BrClFN2O2. The number of methoxy groups -OCH3 is 1. The van der Waals surface area contributed by atoms with E-state index in [4.69, 9.17) is 16.3 Å². The maximum atomic E-state index is 14.0. The van der Waals surface area contributed by atoms with Crippen molar-refractivity contribution < 1.29 is 14.2 Å². The fourth-order valence-corrected chi connectivity index (χ4v) is 2.57. The van der Waals surface area contributed by atoms with Crippen LogP contribution in [-0.4, -0.2) is 28.6 Å². The van der Waals surface area contributed by atoms with E-state index in [1.165, 1.54) is 12.1 Å². The Morgan fingerprint density at radius 2 is 2.30 bits per heavy atom. The third kappa shape index (κ3) is 3.03. The molecule has 0 bridgehead atoms. The zero-order valence-corrected chi connectivity index (χ0v) is 13.0. The summed E-state index contributed by atoms with van der Waals surface area (Å²) in [5.41, 5.74) is 0.570. The standard InChI is InChI=1S/C13H13BrClFN2O2/c1-20-6-5-18-12(9(14)7-17-18)13(19)8-3-2-4-10(15)11(8)16/h2-4,7,13,19H,5-6H2,1H3. The summed E-state index contributed by atoms with van der Waals surface area (Å²) in [6, 6.07) is 4.52. The minimum atomic E-state index is -1.16. The third-order valence-corrected chi connectivity index (χ3v) is 3.78. The molecule has 4 nitrogen and oxygen atoms in total. The summed E-state index contributed by atoms with van der Waals surface area (Å²) in [4.78, 5) is 0. The van der Waals surface area contributed by atoms with E-state index in [9.17, 15) is 9.50 Å². The van der Waals surface area contributed by atoms with Gasteiger partial charge in [0, 0.05) is 12.7 Å². The van der Waals surface area contributed by atoms with Crippen molar-refractivity contribution in [2.75, 3.05) is 13.7 Å². The van der Waals surface area contributed by atoms with Gasteiger partial charge in [0.25, 0.3) is 0 Å². The normalized spacial score (nSPS) is 12.7. The second-order valence-corrected chi connectivity index (χ2v) is 5.40. The fraction of sp³-hybridized carbons (Fsp3) is 0.308. The van der Waals surface area contributed by atoms with E-state index in [0.29, 0.717) is 23.3 Å². The first-order chi connectivity index (χ1) is 9.56. The van der Waals surface area contributed by atoms with Crippen LogP contribution in [0.4, 0.5) is 4.39 Å². The van der Waals surface area contributed by atoms with Gasteiger partial charge in [-0.3, -0.25) is 4.68 Å². The van der Waals surface area contributed by atoms with Crippen LogP contribution in [0.3, 0.4) is 0 Å². The van der Waals surface area contributed by atoms with Crippen LogP contribution in [0.1, 0.15) is 17.4 Å². The third-order valence-electron chi connectivity index (χ3n) is 2.88. The molecule has 1 unspecified atom stereocenters. The fourth-order valence-electron chi connectivity index (χ4n) is 1.88. The van der Waals surface area contributed by atoms with Crippen LogP contribution in [0.2, 0.25) is 5.02 Å². The quantitative estimate of drug-likeness (QED) is 0.887. The van der Waals surface area contributed by atoms with Crippen molar-refractivity contribution in [2.45, 2.75) is 12.6 Å². The van der Waals surface area contributed by atoms with Crippen LogP contribution in [0.15, 0.2) is 28.9 Å². The summed E-state index contributed by atoms with van der Waals surface area (Å²) in [6.45, 7) is 0.891. The van der Waals surface area contributed by atoms with Gasteiger partial charge >= 0.3 is 0 Å². The number of halogens is 3. The smallest absolute Gasteiger partial charge is 0.147 e. The van der Waals surface area contributed by atoms with Crippen molar-refractivity contribution in [3.63, 3.8) is 0 Å². The van der Waals surface area contributed by atoms with Crippen molar-refractivity contribution in [2.24, 2.45) is 0 Å². The number of hydrogen-bond acceptors (Lipinski definition) is 3. The van der Waals surface area contributed by atoms with Crippen LogP contribution in [-0.2, 0) is 11.3 Å². The number of benzene rings is 1. The van der Waals surface area contributed by atoms with E-state index < -0.39 is 11.9 Å². The van der Waals surface area contributed by atoms with Crippen LogP contribution in [0.25, 0.3) is 0 Å². The average molecular weight is 364 g/mol. The van der Waals surface area contributed by atoms with E-state index >= 15 is 0 Å². The van der Waals surface area contributed by atoms with Crippen molar-refractivity contribution in [3.8, 4) is 0 Å². The number of aliphatic hydroxyl groups excluding tert-OH is 1. The molecule has 108 valence electrons. The predicted molar refractivity (Wildman–Crippen MR) is 77.3 cm³/mol. The Bertz CT molecular complexity index is 606. The van der Waals surface area contributed by atoms with Gasteiger partial charge in [-0.1, -0.05) is 23.7 Å². The number of nitrogens with zero attached hydrogens (tertiary/aromatic N) is 2. The van der Waals surface area contributed by atoms with E-state index in [-0.39, 0.29) is 10.6 Å². The molecule has 2 rings (SSSR count). The highest BCUT2D eigenvalue weighted by Gasteiger charge is 2.23. The molecular weight excluding hydrogens is 351 g/mol. The number of aliphatic hydroxyl groups is 1. The lowest BCUT2D eigenvalue weighted by atomic mass is 10.1. The monoisotopic (exact) mass is 362 g/mol. The molecule has 1 heterocycles. The lowest BCUT2D eigenvalue weighted by Gasteiger charge is -2.15. The number of hydrogen-bond donors (Lipinski definition) is 1. The summed E-state index contributed by atoms with van der Waals surface area (Å²) < 4.78 is 21.1. The van der Waals surface area contributed by atoms with Gasteiger partial charge in [0.1, 0.15) is 11.9 Å². The second kappa shape index (κ2) is 6.67. The molecule has 0 radical (unpaired) electrons. The topological polar surface area (TPSA) is 47.3 Å². The van der Waals surface area contributed by atoms with Crippen LogP contribution >= 0.6 is 27.5 Å². The highest BCUT2D eigenvalue weighted by atomic mass is 79.9. The second-order valence-electron chi connectivity index (χ2n) is 4.14. The van der Waals surface area contributed by atoms with Gasteiger partial charge in [-0.05, 0) is 22.0 Å². The molecule has 20 heavy (non-hydrogen) atoms. The molecule has 0 aliphatic heterocycles. The molecule has 1 aromatic carbocycles. The first-order valence-corrected chi connectivity index (χ1v) is 7.05. The van der Waals surface area contributed by atoms with Gasteiger partial charge in [0.05, 0.1) is 34.5 Å². The molecule has 1 N–H and O–H groups in total. The predicted octanol–water partition coefficient (Wildman–Crippen LogP) is 3.17. The maximum Gasteiger partial charge on any atom is 0.147 e. The Labute approximate surface area is 129 Å². The molecule has 0 saturated heterocycles. The van der Waals surface area contributed by atoms with Crippen molar-refractivity contribution in [3.05, 3.63) is 51.0 Å². The highest BCUT2D eigenvalue weighted by Crippen LogP contribution is 2.31. The maximum absolute atomic E-state index is 14.0. The molecule has 0 spiro atoms. The van der Waals surface area contributed by atoms with Crippen LogP contribution in [0, 0.1) is 5.82 Å². The van der Waals surface area contributed by atoms with E-state index in [0.717, 1.165) is 0 Å². The molecule has 1 aromatic heterocycles. The lowest BCUT2D eigenvalue weighted by Crippen LogP contribution is -2.14. The highest BCUT2D eigenvalue weighted by molar-refractivity contribution is 9.10. The molecule has 0 saturated carbocycles. The molecule has 0 aliphatic rings. The molecule has 7 heteroatoms. The summed E-state index contributed by atoms with van der Waals surface area (Å²) in [5.74, 6) is -0.631. The zero-order chi connectivity index (χ0) is 14.7. The summed E-state index contributed by atoms with van der Waals surface area (Å²) in [6.07, 6.45) is 0.388. The Morgan fingerprint density at radius 1 is 1.55 bits per heavy atom. The van der Waals surface area contributed by atoms with Gasteiger partial charge in [-0.2, -0.15) is 5.10 Å². The Balaban J connectivity index is 2.40. The first-order valence-electron chi connectivity index (χ1n) is 5.88. The number of rotatable bonds is 5. The summed E-state index contributed by atoms with van der Waals surface area (Å²) >= 11 is 9.05. The number of aromatic nitrogens is 2. The lowest BCUT2D eigenvalue weighted by molar-refractivity contribution is 0.170. The van der Waals surface area contributed by atoms with E-state index in [1.807, 2.05) is 0 Å². The SMILES string of the molecule is COCCn1ncc(Br)c1C(O)c1cccc(Cl)c1F. The summed E-state index contributed by atoms with van der Waals surface area (Å²) in [5, 5.41) is 14.5. The Morgan fingerprint density at radius 3 is 3.00 bits per heavy atom. The van der Waals surface area contributed by atoms with Gasteiger partial charge in [0.2, 0.25) is 0 Å². The van der Waals surface area contributed by atoms with Gasteiger partial charge in [-0.15, -0.1) is 0 Å². The largest absolute Gasteiger partial charge is 0.383 e. The van der Waals surface area contributed by atoms with Crippen molar-refractivity contribution >= 4 is 27.5 Å². The molecule has 0 amide bonds. The average Bonchev–Trinajstić information content (AvgIpc) is 2.80. The Hall–Kier alpha value is -0.950. The minimum absolute atomic E-state index is 0.0272. The molecule has 1 atom stereocenters. The molecule has 0 fully saturated rings. The summed E-state index contributed by atoms with van der Waals surface area (Å²) in [7, 11) is 1.57. The van der Waals surface area contributed by atoms with Gasteiger partial charge in [0.15, 0.2) is 0 Å². The van der Waals surface area contributed by atoms with Crippen LogP contribution in [0.5, 0.6) is 0 Å². The van der Waals surface area contributed by atoms with Crippen molar-refractivity contribution in [1.82, 2.24) is 9.78 Å². The van der Waals surface area contributed by atoms with Gasteiger partial charge < -0.3 is 9.84 Å². The minimum Gasteiger partial charge on any atom is -0.383 e. The molecule has 2 aromatic rings. The van der Waals surface area contributed by atoms with Crippen molar-refractivity contribution in [1.29, 1.82) is 0 Å². The van der Waals surface area contributed by atoms with E-state index in [2.05, 4.69) is 21.0 Å².